The molecule has 1 saturated heterocycles. The smallest absolute Gasteiger partial charge is 0.170 e. The number of ether oxygens (including phenoxy) is 1. The monoisotopic (exact) mass is 347 g/mol. The van der Waals surface area contributed by atoms with E-state index in [-0.39, 0.29) is 0 Å². The maximum atomic E-state index is 11.2. The molecule has 0 saturated carbocycles. The molecule has 1 N–H and O–H groups in total. The summed E-state index contributed by atoms with van der Waals surface area (Å²) in [5, 5.41) is 5.51. The fourth-order valence-corrected chi connectivity index (χ4v) is 3.50. The highest BCUT2D eigenvalue weighted by Gasteiger charge is 2.19. The summed E-state index contributed by atoms with van der Waals surface area (Å²) < 4.78 is 7.22. The maximum Gasteiger partial charge on any atom is 0.170 e. The molecule has 7 heteroatoms. The fourth-order valence-electron chi connectivity index (χ4n) is 3.50. The number of aromatic amines is 1. The van der Waals surface area contributed by atoms with Crippen LogP contribution < -0.4 is 4.90 Å². The molecule has 0 radical (unpaired) electrons. The molecule has 7 nitrogen and oxygen atoms in total. The van der Waals surface area contributed by atoms with Crippen LogP contribution in [0.5, 0.6) is 0 Å². The summed E-state index contributed by atoms with van der Waals surface area (Å²) in [6.07, 6.45) is 2.68. The van der Waals surface area contributed by atoms with E-state index in [0.29, 0.717) is 24.6 Å². The van der Waals surface area contributed by atoms with Crippen molar-refractivity contribution < 1.29 is 9.53 Å². The summed E-state index contributed by atoms with van der Waals surface area (Å²) in [5.41, 5.74) is 4.03. The third-order valence-corrected chi connectivity index (χ3v) is 4.75. The molecule has 0 bridgehead atoms. The number of rotatable bonds is 3. The summed E-state index contributed by atoms with van der Waals surface area (Å²) in [5.74, 6) is 0.925. The van der Waals surface area contributed by atoms with Gasteiger partial charge in [0.15, 0.2) is 11.9 Å². The van der Waals surface area contributed by atoms with Crippen molar-refractivity contribution >= 4 is 28.7 Å². The predicted molar refractivity (Wildman–Crippen MR) is 98.7 cm³/mol. The molecule has 0 atom stereocenters. The van der Waals surface area contributed by atoms with Crippen molar-refractivity contribution in [2.24, 2.45) is 0 Å². The van der Waals surface area contributed by atoms with E-state index in [1.807, 2.05) is 24.4 Å². The number of nitrogens with one attached hydrogen (secondary N) is 1. The largest absolute Gasteiger partial charge is 0.378 e. The van der Waals surface area contributed by atoms with Crippen LogP contribution in [0, 0.1) is 0 Å². The molecule has 5 rings (SSSR count). The van der Waals surface area contributed by atoms with Gasteiger partial charge in [0.1, 0.15) is 11.5 Å². The van der Waals surface area contributed by atoms with Gasteiger partial charge in [0, 0.05) is 47.9 Å². The molecule has 1 fully saturated rings. The Morgan fingerprint density at radius 1 is 1.15 bits per heavy atom. The van der Waals surface area contributed by atoms with Crippen molar-refractivity contribution in [3.8, 4) is 11.3 Å². The number of carbonyl (C=O) groups excluding carboxylic acids is 1. The Labute approximate surface area is 149 Å². The second-order valence-corrected chi connectivity index (χ2v) is 6.30. The lowest BCUT2D eigenvalue weighted by Gasteiger charge is -2.29. The number of carbonyl (C=O) groups is 1. The van der Waals surface area contributed by atoms with Gasteiger partial charge in [0.05, 0.1) is 18.9 Å². The Morgan fingerprint density at radius 3 is 2.88 bits per heavy atom. The van der Waals surface area contributed by atoms with Crippen molar-refractivity contribution in [3.63, 3.8) is 0 Å². The highest BCUT2D eigenvalue weighted by Crippen LogP contribution is 2.30. The van der Waals surface area contributed by atoms with E-state index >= 15 is 0 Å². The van der Waals surface area contributed by atoms with Gasteiger partial charge in [-0.05, 0) is 12.1 Å². The highest BCUT2D eigenvalue weighted by molar-refractivity contribution is 5.94. The number of aromatic nitrogens is 4. The van der Waals surface area contributed by atoms with Crippen LogP contribution in [0.3, 0.4) is 0 Å². The quantitative estimate of drug-likeness (QED) is 0.577. The molecule has 0 amide bonds. The number of fused-ring (bicyclic) bond motifs is 2. The van der Waals surface area contributed by atoms with Crippen LogP contribution >= 0.6 is 0 Å². The standard InChI is InChI=1S/C19H17N5O2/c25-12-13-10-18-21-17(14-2-1-3-16-15(14)4-5-20-16)11-19(24(18)22-13)23-6-8-26-9-7-23/h1-5,10-12,20H,6-9H2. The second-order valence-electron chi connectivity index (χ2n) is 6.30. The Kier molecular flexibility index (Phi) is 3.46. The first-order valence-electron chi connectivity index (χ1n) is 8.59. The lowest BCUT2D eigenvalue weighted by Crippen LogP contribution is -2.37. The third-order valence-electron chi connectivity index (χ3n) is 4.75. The maximum absolute atomic E-state index is 11.2. The number of nitrogens with zero attached hydrogens (tertiary/aromatic N) is 4. The minimum atomic E-state index is 0.379. The summed E-state index contributed by atoms with van der Waals surface area (Å²) in [4.78, 5) is 21.4. The average Bonchev–Trinajstić information content (AvgIpc) is 3.34. The predicted octanol–water partition coefficient (Wildman–Crippen LogP) is 2.53. The third kappa shape index (κ3) is 2.36. The normalized spacial score (nSPS) is 15.0. The Morgan fingerprint density at radius 2 is 2.04 bits per heavy atom. The molecule has 1 aromatic carbocycles. The molecule has 0 unspecified atom stereocenters. The zero-order valence-corrected chi connectivity index (χ0v) is 14.1. The fraction of sp³-hybridized carbons (Fsp3) is 0.211. The summed E-state index contributed by atoms with van der Waals surface area (Å²) in [6, 6.07) is 11.9. The van der Waals surface area contributed by atoms with Crippen molar-refractivity contribution in [1.29, 1.82) is 0 Å². The van der Waals surface area contributed by atoms with E-state index in [4.69, 9.17) is 9.72 Å². The molecule has 4 heterocycles. The molecule has 1 aliphatic heterocycles. The lowest BCUT2D eigenvalue weighted by molar-refractivity contribution is 0.111. The van der Waals surface area contributed by atoms with Crippen LogP contribution in [0.15, 0.2) is 42.6 Å². The Bertz CT molecular complexity index is 1110. The first-order chi connectivity index (χ1) is 12.8. The van der Waals surface area contributed by atoms with E-state index in [2.05, 4.69) is 27.1 Å². The van der Waals surface area contributed by atoms with Gasteiger partial charge >= 0.3 is 0 Å². The second kappa shape index (κ2) is 5.96. The number of morpholine rings is 1. The van der Waals surface area contributed by atoms with Crippen LogP contribution in [-0.2, 0) is 4.74 Å². The van der Waals surface area contributed by atoms with Crippen molar-refractivity contribution in [3.05, 3.63) is 48.3 Å². The zero-order valence-electron chi connectivity index (χ0n) is 14.1. The molecule has 1 aliphatic rings. The summed E-state index contributed by atoms with van der Waals surface area (Å²) >= 11 is 0. The topological polar surface area (TPSA) is 75.5 Å². The summed E-state index contributed by atoms with van der Waals surface area (Å²) in [7, 11) is 0. The van der Waals surface area contributed by atoms with Crippen molar-refractivity contribution in [2.45, 2.75) is 0 Å². The molecule has 130 valence electrons. The number of aldehydes is 1. The average molecular weight is 347 g/mol. The molecule has 0 aliphatic carbocycles. The minimum absolute atomic E-state index is 0.379. The molecular formula is C19H17N5O2. The Hall–Kier alpha value is -3.19. The van der Waals surface area contributed by atoms with Crippen molar-refractivity contribution in [2.75, 3.05) is 31.2 Å². The van der Waals surface area contributed by atoms with Gasteiger partial charge in [0.25, 0.3) is 0 Å². The molecule has 0 spiro atoms. The first kappa shape index (κ1) is 15.1. The van der Waals surface area contributed by atoms with Gasteiger partial charge in [0.2, 0.25) is 0 Å². The van der Waals surface area contributed by atoms with Gasteiger partial charge in [-0.1, -0.05) is 12.1 Å². The van der Waals surface area contributed by atoms with E-state index in [0.717, 1.165) is 47.4 Å². The van der Waals surface area contributed by atoms with E-state index in [1.54, 1.807) is 10.6 Å². The van der Waals surface area contributed by atoms with Crippen LogP contribution in [0.2, 0.25) is 0 Å². The number of anilines is 1. The van der Waals surface area contributed by atoms with E-state index in [1.165, 1.54) is 0 Å². The van der Waals surface area contributed by atoms with E-state index < -0.39 is 0 Å². The van der Waals surface area contributed by atoms with Crippen LogP contribution in [0.1, 0.15) is 10.5 Å². The molecule has 26 heavy (non-hydrogen) atoms. The number of hydrogen-bond acceptors (Lipinski definition) is 5. The number of hydrogen-bond donors (Lipinski definition) is 1. The van der Waals surface area contributed by atoms with Gasteiger partial charge in [-0.2, -0.15) is 9.61 Å². The Balaban J connectivity index is 1.75. The van der Waals surface area contributed by atoms with Gasteiger partial charge in [-0.15, -0.1) is 0 Å². The van der Waals surface area contributed by atoms with Crippen LogP contribution in [0.25, 0.3) is 27.8 Å². The summed E-state index contributed by atoms with van der Waals surface area (Å²) in [6.45, 7) is 2.91. The highest BCUT2D eigenvalue weighted by atomic mass is 16.5. The van der Waals surface area contributed by atoms with Gasteiger partial charge < -0.3 is 14.6 Å². The minimum Gasteiger partial charge on any atom is -0.378 e. The number of H-pyrrole nitrogens is 1. The molecular weight excluding hydrogens is 330 g/mol. The van der Waals surface area contributed by atoms with Crippen LogP contribution in [0.4, 0.5) is 5.82 Å². The zero-order chi connectivity index (χ0) is 17.5. The molecule has 4 aromatic rings. The van der Waals surface area contributed by atoms with Gasteiger partial charge in [-0.3, -0.25) is 4.79 Å². The van der Waals surface area contributed by atoms with Crippen molar-refractivity contribution in [1.82, 2.24) is 19.6 Å². The first-order valence-corrected chi connectivity index (χ1v) is 8.59. The lowest BCUT2D eigenvalue weighted by atomic mass is 10.1. The number of benzene rings is 1. The SMILES string of the molecule is O=Cc1cc2nc(-c3cccc4[nH]ccc34)cc(N3CCOCC3)n2n1. The van der Waals surface area contributed by atoms with E-state index in [9.17, 15) is 4.79 Å². The van der Waals surface area contributed by atoms with Gasteiger partial charge in [-0.25, -0.2) is 4.98 Å². The molecule has 3 aromatic heterocycles. The van der Waals surface area contributed by atoms with Crippen LogP contribution in [-0.4, -0.2) is 52.2 Å².